The molecule has 0 radical (unpaired) electrons. The van der Waals surface area contributed by atoms with Crippen molar-refractivity contribution in [2.24, 2.45) is 5.92 Å². The molecule has 2 fully saturated rings. The summed E-state index contributed by atoms with van der Waals surface area (Å²) in [5, 5.41) is 6.02. The fourth-order valence-electron chi connectivity index (χ4n) is 4.05. The highest BCUT2D eigenvalue weighted by Gasteiger charge is 2.49. The number of nitrogens with one attached hydrogen (secondary N) is 2. The van der Waals surface area contributed by atoms with Gasteiger partial charge in [-0.2, -0.15) is 13.2 Å². The Morgan fingerprint density at radius 1 is 1.20 bits per heavy atom. The summed E-state index contributed by atoms with van der Waals surface area (Å²) < 4.78 is 69.1. The van der Waals surface area contributed by atoms with Gasteiger partial charge in [0.15, 0.2) is 9.84 Å². The van der Waals surface area contributed by atoms with Gasteiger partial charge in [-0.25, -0.2) is 8.42 Å². The van der Waals surface area contributed by atoms with Gasteiger partial charge in [-0.15, -0.1) is 0 Å². The molecule has 1 aliphatic carbocycles. The van der Waals surface area contributed by atoms with E-state index in [1.54, 1.807) is 7.11 Å². The molecular formula is C20H27F3N2O4S. The number of hydrogen-bond donors (Lipinski definition) is 2. The van der Waals surface area contributed by atoms with Crippen LogP contribution >= 0.6 is 0 Å². The van der Waals surface area contributed by atoms with Crippen molar-refractivity contribution in [1.29, 1.82) is 0 Å². The van der Waals surface area contributed by atoms with Gasteiger partial charge in [-0.1, -0.05) is 6.07 Å². The van der Waals surface area contributed by atoms with Gasteiger partial charge < -0.3 is 15.4 Å². The Morgan fingerprint density at radius 3 is 2.43 bits per heavy atom. The highest BCUT2D eigenvalue weighted by atomic mass is 32.2. The Balaban J connectivity index is 1.64. The van der Waals surface area contributed by atoms with E-state index in [1.807, 2.05) is 0 Å². The number of hydrogen-bond acceptors (Lipinski definition) is 5. The first kappa shape index (κ1) is 23.0. The maximum atomic E-state index is 13.1. The Labute approximate surface area is 174 Å². The molecule has 0 bridgehead atoms. The van der Waals surface area contributed by atoms with Crippen molar-refractivity contribution in [3.05, 3.63) is 29.8 Å². The van der Waals surface area contributed by atoms with Crippen molar-refractivity contribution in [3.63, 3.8) is 0 Å². The molecule has 2 atom stereocenters. The molecule has 168 valence electrons. The molecule has 30 heavy (non-hydrogen) atoms. The minimum atomic E-state index is -4.61. The number of amides is 1. The molecule has 6 nitrogen and oxygen atoms in total. The predicted molar refractivity (Wildman–Crippen MR) is 105 cm³/mol. The first-order valence-corrected chi connectivity index (χ1v) is 11.3. The van der Waals surface area contributed by atoms with Crippen molar-refractivity contribution in [2.75, 3.05) is 13.7 Å². The van der Waals surface area contributed by atoms with Crippen LogP contribution in [0.3, 0.4) is 0 Å². The molecule has 1 aliphatic heterocycles. The average Bonchev–Trinajstić information content (AvgIpc) is 3.12. The van der Waals surface area contributed by atoms with Gasteiger partial charge in [0, 0.05) is 19.7 Å². The standard InChI is InChI=1S/C20H27F3N2O4S/c1-19(2,30(27,28)16-6-4-5-12(9-16)20(21,22)23)13-7-14(8-13)25-18(26)17-10-15(29-3)11-24-17/h4-6,9,13-15,17,24H,7-8,10-11H2,1-3H3,(H,25,26)/t13?,14?,15-,17-/m1/s1. The summed E-state index contributed by atoms with van der Waals surface area (Å²) in [6.45, 7) is 3.67. The van der Waals surface area contributed by atoms with Gasteiger partial charge in [0.2, 0.25) is 5.91 Å². The predicted octanol–water partition coefficient (Wildman–Crippen LogP) is 2.53. The van der Waals surface area contributed by atoms with Crippen LogP contribution in [0.25, 0.3) is 0 Å². The lowest BCUT2D eigenvalue weighted by Gasteiger charge is -2.45. The zero-order valence-corrected chi connectivity index (χ0v) is 17.9. The van der Waals surface area contributed by atoms with Crippen LogP contribution in [0.5, 0.6) is 0 Å². The SMILES string of the molecule is CO[C@H]1CN[C@@H](C(=O)NC2CC(C(C)(C)S(=O)(=O)c3cccc(C(F)(F)F)c3)C2)C1. The number of alkyl halides is 3. The largest absolute Gasteiger partial charge is 0.416 e. The number of carbonyl (C=O) groups is 1. The molecular weight excluding hydrogens is 421 g/mol. The molecule has 1 saturated carbocycles. The van der Waals surface area contributed by atoms with Crippen LogP contribution in [0.15, 0.2) is 29.2 Å². The van der Waals surface area contributed by atoms with Gasteiger partial charge in [0.25, 0.3) is 0 Å². The summed E-state index contributed by atoms with van der Waals surface area (Å²) in [6, 6.07) is 3.36. The molecule has 2 N–H and O–H groups in total. The third kappa shape index (κ3) is 4.36. The van der Waals surface area contributed by atoms with Gasteiger partial charge in [-0.3, -0.25) is 4.79 Å². The Kier molecular flexibility index (Phi) is 6.23. The molecule has 1 aromatic rings. The summed E-state index contributed by atoms with van der Waals surface area (Å²) in [5.41, 5.74) is -0.989. The average molecular weight is 449 g/mol. The fraction of sp³-hybridized carbons (Fsp3) is 0.650. The Bertz CT molecular complexity index is 896. The van der Waals surface area contributed by atoms with Crippen molar-refractivity contribution in [3.8, 4) is 0 Å². The quantitative estimate of drug-likeness (QED) is 0.699. The van der Waals surface area contributed by atoms with Gasteiger partial charge in [-0.05, 0) is 57.2 Å². The first-order chi connectivity index (χ1) is 13.9. The summed E-state index contributed by atoms with van der Waals surface area (Å²) in [7, 11) is -2.41. The highest BCUT2D eigenvalue weighted by molar-refractivity contribution is 7.92. The summed E-state index contributed by atoms with van der Waals surface area (Å²) >= 11 is 0. The second-order valence-electron chi connectivity index (χ2n) is 8.56. The van der Waals surface area contributed by atoms with E-state index >= 15 is 0 Å². The topological polar surface area (TPSA) is 84.5 Å². The highest BCUT2D eigenvalue weighted by Crippen LogP contribution is 2.44. The number of rotatable bonds is 6. The summed E-state index contributed by atoms with van der Waals surface area (Å²) in [6.07, 6.45) is -3.13. The lowest BCUT2D eigenvalue weighted by molar-refractivity contribution is -0.137. The Morgan fingerprint density at radius 2 is 1.87 bits per heavy atom. The van der Waals surface area contributed by atoms with E-state index in [-0.39, 0.29) is 34.9 Å². The van der Waals surface area contributed by atoms with Crippen LogP contribution in [0, 0.1) is 5.92 Å². The molecule has 1 heterocycles. The van der Waals surface area contributed by atoms with Crippen LogP contribution in [0.2, 0.25) is 0 Å². The summed E-state index contributed by atoms with van der Waals surface area (Å²) in [4.78, 5) is 12.0. The van der Waals surface area contributed by atoms with Gasteiger partial charge in [0.05, 0.1) is 27.4 Å². The number of sulfone groups is 1. The fourth-order valence-corrected chi connectivity index (χ4v) is 5.83. The molecule has 3 rings (SSSR count). The maximum absolute atomic E-state index is 13.1. The third-order valence-corrected chi connectivity index (χ3v) is 8.97. The van der Waals surface area contributed by atoms with E-state index in [1.165, 1.54) is 19.9 Å². The van der Waals surface area contributed by atoms with Crippen LogP contribution in [-0.2, 0) is 25.5 Å². The lowest BCUT2D eigenvalue weighted by atomic mass is 9.73. The maximum Gasteiger partial charge on any atom is 0.416 e. The number of benzene rings is 1. The number of halogens is 3. The number of carbonyl (C=O) groups excluding carboxylic acids is 1. The summed E-state index contributed by atoms with van der Waals surface area (Å²) in [5.74, 6) is -0.415. The molecule has 1 saturated heterocycles. The minimum absolute atomic E-state index is 0.00794. The second-order valence-corrected chi connectivity index (χ2v) is 11.1. The molecule has 0 aromatic heterocycles. The molecule has 1 amide bonds. The Hall–Kier alpha value is -1.65. The number of methoxy groups -OCH3 is 1. The van der Waals surface area contributed by atoms with E-state index in [2.05, 4.69) is 10.6 Å². The number of ether oxygens (including phenoxy) is 1. The van der Waals surface area contributed by atoms with Crippen LogP contribution in [0.4, 0.5) is 13.2 Å². The van der Waals surface area contributed by atoms with E-state index in [0.29, 0.717) is 31.9 Å². The van der Waals surface area contributed by atoms with Crippen molar-refractivity contribution in [2.45, 2.75) is 67.1 Å². The minimum Gasteiger partial charge on any atom is -0.380 e. The zero-order valence-electron chi connectivity index (χ0n) is 17.1. The van der Waals surface area contributed by atoms with Gasteiger partial charge >= 0.3 is 6.18 Å². The first-order valence-electron chi connectivity index (χ1n) is 9.84. The van der Waals surface area contributed by atoms with Crippen LogP contribution in [0.1, 0.15) is 38.7 Å². The lowest BCUT2D eigenvalue weighted by Crippen LogP contribution is -2.55. The molecule has 10 heteroatoms. The monoisotopic (exact) mass is 448 g/mol. The van der Waals surface area contributed by atoms with Crippen LogP contribution in [-0.4, -0.2) is 50.9 Å². The molecule has 1 aromatic carbocycles. The normalized spacial score (nSPS) is 27.5. The van der Waals surface area contributed by atoms with Crippen molar-refractivity contribution in [1.82, 2.24) is 10.6 Å². The third-order valence-electron chi connectivity index (χ3n) is 6.37. The zero-order chi connectivity index (χ0) is 22.3. The molecule has 2 aliphatic rings. The smallest absolute Gasteiger partial charge is 0.380 e. The molecule has 0 unspecified atom stereocenters. The second kappa shape index (κ2) is 8.12. The van der Waals surface area contributed by atoms with E-state index in [9.17, 15) is 26.4 Å². The van der Waals surface area contributed by atoms with Crippen molar-refractivity contribution < 1.29 is 31.1 Å². The van der Waals surface area contributed by atoms with Crippen molar-refractivity contribution >= 4 is 15.7 Å². The molecule has 0 spiro atoms. The van der Waals surface area contributed by atoms with E-state index in [0.717, 1.165) is 12.1 Å². The van der Waals surface area contributed by atoms with Gasteiger partial charge in [0.1, 0.15) is 0 Å². The van der Waals surface area contributed by atoms with E-state index in [4.69, 9.17) is 4.74 Å². The van der Waals surface area contributed by atoms with E-state index < -0.39 is 26.3 Å². The van der Waals surface area contributed by atoms with Crippen LogP contribution < -0.4 is 10.6 Å².